The third-order valence-corrected chi connectivity index (χ3v) is 5.98. The van der Waals surface area contributed by atoms with Crippen LogP contribution in [0.15, 0.2) is 41.3 Å². The van der Waals surface area contributed by atoms with Gasteiger partial charge in [0.15, 0.2) is 11.5 Å². The van der Waals surface area contributed by atoms with Crippen molar-refractivity contribution in [2.24, 2.45) is 0 Å². The predicted molar refractivity (Wildman–Crippen MR) is 109 cm³/mol. The molecule has 8 heteroatoms. The van der Waals surface area contributed by atoms with Crippen LogP contribution in [0, 0.1) is 6.92 Å². The number of hydrogen-bond donors (Lipinski definition) is 2. The Balaban J connectivity index is 2.20. The molecule has 7 nitrogen and oxygen atoms in total. The number of methoxy groups -OCH3 is 2. The Morgan fingerprint density at radius 2 is 1.64 bits per heavy atom. The van der Waals surface area contributed by atoms with Gasteiger partial charge in [-0.1, -0.05) is 6.92 Å². The van der Waals surface area contributed by atoms with Crippen LogP contribution in [0.1, 0.15) is 36.2 Å². The third kappa shape index (κ3) is 5.02. The van der Waals surface area contributed by atoms with Gasteiger partial charge in [-0.25, -0.2) is 13.1 Å². The van der Waals surface area contributed by atoms with Gasteiger partial charge in [-0.15, -0.1) is 0 Å². The second kappa shape index (κ2) is 9.07. The molecule has 0 heterocycles. The Morgan fingerprint density at radius 3 is 2.18 bits per heavy atom. The van der Waals surface area contributed by atoms with Gasteiger partial charge < -0.3 is 14.8 Å². The molecule has 2 N–H and O–H groups in total. The molecule has 0 aliphatic rings. The molecule has 152 valence electrons. The van der Waals surface area contributed by atoms with E-state index in [0.717, 1.165) is 5.56 Å². The number of sulfonamides is 1. The zero-order valence-electron chi connectivity index (χ0n) is 16.7. The zero-order valence-corrected chi connectivity index (χ0v) is 17.5. The number of ether oxygens (including phenoxy) is 2. The molecule has 0 aliphatic heterocycles. The van der Waals surface area contributed by atoms with Gasteiger partial charge in [-0.3, -0.25) is 4.79 Å². The fourth-order valence-electron chi connectivity index (χ4n) is 2.51. The highest BCUT2D eigenvalue weighted by atomic mass is 32.2. The van der Waals surface area contributed by atoms with Crippen LogP contribution in [0.5, 0.6) is 11.5 Å². The van der Waals surface area contributed by atoms with Gasteiger partial charge >= 0.3 is 0 Å². The van der Waals surface area contributed by atoms with E-state index in [1.807, 2.05) is 13.8 Å². The Labute approximate surface area is 166 Å². The largest absolute Gasteiger partial charge is 0.493 e. The van der Waals surface area contributed by atoms with Crippen LogP contribution in [0.3, 0.4) is 0 Å². The molecule has 28 heavy (non-hydrogen) atoms. The summed E-state index contributed by atoms with van der Waals surface area (Å²) in [7, 11) is -0.546. The number of hydrogen-bond acceptors (Lipinski definition) is 5. The maximum atomic E-state index is 12.6. The van der Waals surface area contributed by atoms with Crippen LogP contribution in [-0.2, 0) is 10.0 Å². The van der Waals surface area contributed by atoms with Crippen molar-refractivity contribution >= 4 is 21.6 Å². The summed E-state index contributed by atoms with van der Waals surface area (Å²) in [6.07, 6.45) is 0.685. The molecular weight excluding hydrogens is 380 g/mol. The number of carbonyl (C=O) groups excluding carboxylic acids is 1. The summed E-state index contributed by atoms with van der Waals surface area (Å²) in [5.74, 6) is 0.719. The molecule has 1 unspecified atom stereocenters. The van der Waals surface area contributed by atoms with Gasteiger partial charge in [-0.05, 0) is 56.2 Å². The lowest BCUT2D eigenvalue weighted by molar-refractivity contribution is 0.102. The second-order valence-corrected chi connectivity index (χ2v) is 8.15. The topological polar surface area (TPSA) is 93.7 Å². The third-order valence-electron chi connectivity index (χ3n) is 4.37. The highest BCUT2D eigenvalue weighted by Crippen LogP contribution is 2.33. The lowest BCUT2D eigenvalue weighted by Crippen LogP contribution is -2.32. The summed E-state index contributed by atoms with van der Waals surface area (Å²) in [6.45, 7) is 5.54. The molecule has 1 atom stereocenters. The molecule has 0 bridgehead atoms. The molecule has 2 rings (SSSR count). The van der Waals surface area contributed by atoms with Gasteiger partial charge in [-0.2, -0.15) is 0 Å². The minimum absolute atomic E-state index is 0.117. The van der Waals surface area contributed by atoms with Crippen molar-refractivity contribution in [2.45, 2.75) is 38.1 Å². The number of aryl methyl sites for hydroxylation is 1. The quantitative estimate of drug-likeness (QED) is 0.701. The summed E-state index contributed by atoms with van der Waals surface area (Å²) >= 11 is 0. The van der Waals surface area contributed by atoms with Crippen LogP contribution >= 0.6 is 0 Å². The predicted octanol–water partition coefficient (Wildman–Crippen LogP) is 3.34. The van der Waals surface area contributed by atoms with Crippen molar-refractivity contribution in [1.82, 2.24) is 4.72 Å². The number of rotatable bonds is 8. The number of anilines is 1. The highest BCUT2D eigenvalue weighted by molar-refractivity contribution is 7.89. The van der Waals surface area contributed by atoms with Gasteiger partial charge in [0.1, 0.15) is 0 Å². The first-order valence-corrected chi connectivity index (χ1v) is 10.4. The number of benzene rings is 2. The fourth-order valence-corrected chi connectivity index (χ4v) is 3.84. The average Bonchev–Trinajstić information content (AvgIpc) is 2.68. The van der Waals surface area contributed by atoms with Gasteiger partial charge in [0.25, 0.3) is 5.91 Å². The van der Waals surface area contributed by atoms with Crippen LogP contribution in [0.2, 0.25) is 0 Å². The van der Waals surface area contributed by atoms with Crippen molar-refractivity contribution in [2.75, 3.05) is 19.5 Å². The summed E-state index contributed by atoms with van der Waals surface area (Å²) in [4.78, 5) is 12.7. The number of nitrogens with one attached hydrogen (secondary N) is 2. The smallest absolute Gasteiger partial charge is 0.255 e. The van der Waals surface area contributed by atoms with Crippen molar-refractivity contribution < 1.29 is 22.7 Å². The van der Waals surface area contributed by atoms with Crippen molar-refractivity contribution in [3.05, 3.63) is 47.5 Å². The van der Waals surface area contributed by atoms with Crippen LogP contribution in [0.4, 0.5) is 5.69 Å². The standard InChI is InChI=1S/C20H26N2O5S/c1-6-14(3)22-28(24,25)16-9-7-15(8-10-16)20(23)21-17-12-19(27-5)18(26-4)11-13(17)2/h7-12,14,22H,6H2,1-5H3,(H,21,23). The van der Waals surface area contributed by atoms with E-state index in [0.29, 0.717) is 29.2 Å². The van der Waals surface area contributed by atoms with E-state index in [4.69, 9.17) is 9.47 Å². The maximum absolute atomic E-state index is 12.6. The summed E-state index contributed by atoms with van der Waals surface area (Å²) in [5, 5.41) is 2.81. The summed E-state index contributed by atoms with van der Waals surface area (Å²) < 4.78 is 37.7. The molecule has 1 amide bonds. The van der Waals surface area contributed by atoms with E-state index in [9.17, 15) is 13.2 Å². The Morgan fingerprint density at radius 1 is 1.07 bits per heavy atom. The lowest BCUT2D eigenvalue weighted by Gasteiger charge is -2.14. The molecular formula is C20H26N2O5S. The van der Waals surface area contributed by atoms with E-state index in [1.54, 1.807) is 26.2 Å². The normalized spacial score (nSPS) is 12.3. The molecule has 2 aromatic carbocycles. The van der Waals surface area contributed by atoms with E-state index in [1.165, 1.54) is 31.4 Å². The number of amides is 1. The second-order valence-electron chi connectivity index (χ2n) is 6.43. The molecule has 0 aromatic heterocycles. The van der Waals surface area contributed by atoms with E-state index in [-0.39, 0.29) is 16.8 Å². The molecule has 2 aromatic rings. The maximum Gasteiger partial charge on any atom is 0.255 e. The molecule has 0 saturated heterocycles. The first-order valence-electron chi connectivity index (χ1n) is 8.88. The van der Waals surface area contributed by atoms with Crippen LogP contribution in [-0.4, -0.2) is 34.6 Å². The summed E-state index contributed by atoms with van der Waals surface area (Å²) in [6, 6.07) is 9.09. The SMILES string of the molecule is CCC(C)NS(=O)(=O)c1ccc(C(=O)Nc2cc(OC)c(OC)cc2C)cc1. The van der Waals surface area contributed by atoms with Gasteiger partial charge in [0.2, 0.25) is 10.0 Å². The van der Waals surface area contributed by atoms with Gasteiger partial charge in [0, 0.05) is 23.4 Å². The fraction of sp³-hybridized carbons (Fsp3) is 0.350. The average molecular weight is 407 g/mol. The highest BCUT2D eigenvalue weighted by Gasteiger charge is 2.18. The minimum atomic E-state index is -3.61. The van der Waals surface area contributed by atoms with Crippen molar-refractivity contribution in [3.8, 4) is 11.5 Å². The molecule has 0 radical (unpaired) electrons. The van der Waals surface area contributed by atoms with Crippen LogP contribution < -0.4 is 19.5 Å². The monoisotopic (exact) mass is 406 g/mol. The Hall–Kier alpha value is -2.58. The van der Waals surface area contributed by atoms with Crippen molar-refractivity contribution in [3.63, 3.8) is 0 Å². The first-order chi connectivity index (χ1) is 13.2. The van der Waals surface area contributed by atoms with E-state index < -0.39 is 10.0 Å². The molecule has 0 spiro atoms. The molecule has 0 aliphatic carbocycles. The van der Waals surface area contributed by atoms with Crippen LogP contribution in [0.25, 0.3) is 0 Å². The first kappa shape index (κ1) is 21.7. The summed E-state index contributed by atoms with van der Waals surface area (Å²) in [5.41, 5.74) is 1.73. The van der Waals surface area contributed by atoms with E-state index >= 15 is 0 Å². The Kier molecular flexibility index (Phi) is 7.04. The van der Waals surface area contributed by atoms with Crippen molar-refractivity contribution in [1.29, 1.82) is 0 Å². The Bertz CT molecular complexity index is 940. The minimum Gasteiger partial charge on any atom is -0.493 e. The van der Waals surface area contributed by atoms with E-state index in [2.05, 4.69) is 10.0 Å². The molecule has 0 saturated carbocycles. The zero-order chi connectivity index (χ0) is 20.9. The molecule has 0 fully saturated rings. The lowest BCUT2D eigenvalue weighted by atomic mass is 10.1. The van der Waals surface area contributed by atoms with Gasteiger partial charge in [0.05, 0.1) is 19.1 Å². The number of carbonyl (C=O) groups is 1.